The summed E-state index contributed by atoms with van der Waals surface area (Å²) in [4.78, 5) is 24.3. The Morgan fingerprint density at radius 3 is 2.16 bits per heavy atom. The average molecular weight is 520 g/mol. The van der Waals surface area contributed by atoms with E-state index in [0.29, 0.717) is 22.5 Å². The zero-order chi connectivity index (χ0) is 29.1. The standard InChI is InChI=1S/C14H19N3O4.C11H14.C2H6.CH3FO/c1-7(2)10-5-11(8(3)16-17-9(4)18)12(15)6-13(10)21-14(19)20;1-4-5-11-8-9(2)6-7-10(11)3;1-2;1-3-2/h5-7H,15H2,1-4H3,(H,17,18)(H,19,20);4-8H,1-3H3;1-2H3;1H3/b16-8+;5-4-;;. The van der Waals surface area contributed by atoms with Gasteiger partial charge in [0, 0.05) is 24.2 Å². The fourth-order valence-electron chi connectivity index (χ4n) is 2.90. The summed E-state index contributed by atoms with van der Waals surface area (Å²) >= 11 is 0. The predicted octanol–water partition coefficient (Wildman–Crippen LogP) is 7.19. The molecular weight excluding hydrogens is 477 g/mol. The number of allylic oxidation sites excluding steroid dienone is 1. The van der Waals surface area contributed by atoms with Crippen LogP contribution < -0.4 is 15.9 Å². The molecule has 0 saturated carbocycles. The molecule has 0 fully saturated rings. The number of aryl methyl sites for hydroxylation is 2. The van der Waals surface area contributed by atoms with E-state index in [2.05, 4.69) is 59.7 Å². The van der Waals surface area contributed by atoms with Gasteiger partial charge < -0.3 is 15.6 Å². The number of ether oxygens (including phenoxy) is 1. The number of nitrogens with one attached hydrogen (secondary N) is 1. The van der Waals surface area contributed by atoms with E-state index < -0.39 is 6.16 Å². The van der Waals surface area contributed by atoms with Crippen molar-refractivity contribution in [3.05, 3.63) is 64.2 Å². The van der Waals surface area contributed by atoms with Crippen LogP contribution in [0.3, 0.4) is 0 Å². The van der Waals surface area contributed by atoms with Gasteiger partial charge in [0.25, 0.3) is 0 Å². The third-order valence-corrected chi connectivity index (χ3v) is 4.55. The van der Waals surface area contributed by atoms with Gasteiger partial charge in [0.05, 0.1) is 12.8 Å². The molecule has 1 amide bonds. The monoisotopic (exact) mass is 519 g/mol. The normalized spacial score (nSPS) is 10.3. The van der Waals surface area contributed by atoms with E-state index >= 15 is 0 Å². The topological polar surface area (TPSA) is 123 Å². The number of halogens is 1. The molecule has 2 aromatic carbocycles. The molecular formula is C28H42FN3O5. The third-order valence-electron chi connectivity index (χ3n) is 4.55. The number of nitrogens with two attached hydrogens (primary N) is 1. The Labute approximate surface area is 220 Å². The zero-order valence-electron chi connectivity index (χ0n) is 23.6. The van der Waals surface area contributed by atoms with Crippen molar-refractivity contribution in [1.29, 1.82) is 0 Å². The average Bonchev–Trinajstić information content (AvgIpc) is 2.82. The second-order valence-corrected chi connectivity index (χ2v) is 7.88. The maximum absolute atomic E-state index is 10.9. The van der Waals surface area contributed by atoms with E-state index in [-0.39, 0.29) is 17.6 Å². The van der Waals surface area contributed by atoms with E-state index in [1.807, 2.05) is 34.6 Å². The first kappa shape index (κ1) is 35.4. The Kier molecular flexibility index (Phi) is 18.6. The molecule has 0 radical (unpaired) electrons. The van der Waals surface area contributed by atoms with Gasteiger partial charge in [-0.25, -0.2) is 10.2 Å². The highest BCUT2D eigenvalue weighted by Gasteiger charge is 2.16. The molecule has 9 heteroatoms. The number of rotatable bonds is 5. The Hall–Kier alpha value is -3.72. The molecule has 2 rings (SSSR count). The molecule has 0 spiro atoms. The summed E-state index contributed by atoms with van der Waals surface area (Å²) in [5.41, 5.74) is 14.4. The van der Waals surface area contributed by atoms with Crippen molar-refractivity contribution in [3.8, 4) is 5.75 Å². The SMILES string of the molecule is C/C=C\c1cc(C)ccc1C.CC.CC(=O)N/N=C(\C)c1cc(C(C)C)c(OC(=O)O)cc1N.COF. The largest absolute Gasteiger partial charge is 0.511 e. The van der Waals surface area contributed by atoms with Gasteiger partial charge >= 0.3 is 6.16 Å². The Balaban J connectivity index is 0. The van der Waals surface area contributed by atoms with Crippen molar-refractivity contribution in [3.63, 3.8) is 0 Å². The van der Waals surface area contributed by atoms with Crippen LogP contribution in [0.4, 0.5) is 15.0 Å². The minimum absolute atomic E-state index is 0.0345. The van der Waals surface area contributed by atoms with Crippen molar-refractivity contribution in [1.82, 2.24) is 5.43 Å². The molecule has 0 saturated heterocycles. The zero-order valence-corrected chi connectivity index (χ0v) is 23.6. The fraction of sp³-hybridized carbons (Fsp3) is 0.393. The lowest BCUT2D eigenvalue weighted by molar-refractivity contribution is -0.118. The first-order valence-electron chi connectivity index (χ1n) is 11.9. The molecule has 0 aliphatic heterocycles. The van der Waals surface area contributed by atoms with Crippen molar-refractivity contribution in [2.24, 2.45) is 5.10 Å². The predicted molar refractivity (Wildman–Crippen MR) is 150 cm³/mol. The Morgan fingerprint density at radius 1 is 1.14 bits per heavy atom. The van der Waals surface area contributed by atoms with Crippen LogP contribution in [0.5, 0.6) is 5.75 Å². The van der Waals surface area contributed by atoms with Gasteiger partial charge in [-0.3, -0.25) is 4.79 Å². The minimum atomic E-state index is -1.40. The number of nitrogens with zero attached hydrogens (tertiary/aromatic N) is 1. The van der Waals surface area contributed by atoms with Gasteiger partial charge in [-0.2, -0.15) is 10.0 Å². The number of carboxylic acid groups (broad SMARTS) is 1. The van der Waals surface area contributed by atoms with Crippen molar-refractivity contribution in [2.75, 3.05) is 12.8 Å². The van der Waals surface area contributed by atoms with Crippen LogP contribution in [0.15, 0.2) is 41.5 Å². The summed E-state index contributed by atoms with van der Waals surface area (Å²) < 4.78 is 14.5. The first-order chi connectivity index (χ1) is 17.4. The highest BCUT2D eigenvalue weighted by atomic mass is 19.3. The second-order valence-electron chi connectivity index (χ2n) is 7.88. The summed E-state index contributed by atoms with van der Waals surface area (Å²) in [5.74, 6) is -0.0545. The molecule has 0 heterocycles. The van der Waals surface area contributed by atoms with Gasteiger partial charge in [0.2, 0.25) is 5.91 Å². The lowest BCUT2D eigenvalue weighted by Gasteiger charge is -2.15. The van der Waals surface area contributed by atoms with Crippen LogP contribution >= 0.6 is 0 Å². The van der Waals surface area contributed by atoms with E-state index in [1.165, 1.54) is 29.7 Å². The molecule has 0 unspecified atom stereocenters. The second kappa shape index (κ2) is 19.5. The summed E-state index contributed by atoms with van der Waals surface area (Å²) in [7, 11) is 0.958. The first-order valence-corrected chi connectivity index (χ1v) is 11.9. The van der Waals surface area contributed by atoms with Crippen LogP contribution in [0.2, 0.25) is 0 Å². The third kappa shape index (κ3) is 14.4. The molecule has 0 aliphatic carbocycles. The van der Waals surface area contributed by atoms with E-state index in [1.54, 1.807) is 13.0 Å². The number of amides is 1. The highest BCUT2D eigenvalue weighted by Crippen LogP contribution is 2.31. The van der Waals surface area contributed by atoms with Crippen LogP contribution in [0.25, 0.3) is 6.08 Å². The maximum Gasteiger partial charge on any atom is 0.511 e. The molecule has 0 aromatic heterocycles. The minimum Gasteiger partial charge on any atom is -0.449 e. The van der Waals surface area contributed by atoms with Crippen molar-refractivity contribution < 1.29 is 28.9 Å². The van der Waals surface area contributed by atoms with Crippen LogP contribution in [-0.4, -0.2) is 30.0 Å². The van der Waals surface area contributed by atoms with Crippen LogP contribution in [0, 0.1) is 13.8 Å². The van der Waals surface area contributed by atoms with Gasteiger partial charge in [-0.05, 0) is 60.9 Å². The lowest BCUT2D eigenvalue weighted by atomic mass is 9.97. The van der Waals surface area contributed by atoms with E-state index in [9.17, 15) is 14.1 Å². The number of hydrogen-bond donors (Lipinski definition) is 3. The number of hydrogen-bond acceptors (Lipinski definition) is 6. The number of benzene rings is 2. The molecule has 206 valence electrons. The number of anilines is 1. The van der Waals surface area contributed by atoms with Crippen LogP contribution in [-0.2, 0) is 9.74 Å². The maximum atomic E-state index is 10.9. The molecule has 4 N–H and O–H groups in total. The van der Waals surface area contributed by atoms with Gasteiger partial charge in [0.1, 0.15) is 5.75 Å². The van der Waals surface area contributed by atoms with Crippen molar-refractivity contribution >= 4 is 29.5 Å². The summed E-state index contributed by atoms with van der Waals surface area (Å²) in [5, 5.41) is 12.7. The summed E-state index contributed by atoms with van der Waals surface area (Å²) in [6.45, 7) is 17.2. The van der Waals surface area contributed by atoms with Gasteiger partial charge in [-0.15, -0.1) is 0 Å². The molecule has 37 heavy (non-hydrogen) atoms. The number of carbonyl (C=O) groups is 2. The number of hydrazone groups is 1. The molecule has 0 bridgehead atoms. The Morgan fingerprint density at radius 2 is 1.70 bits per heavy atom. The van der Waals surface area contributed by atoms with Crippen molar-refractivity contribution in [2.45, 2.75) is 68.2 Å². The fourth-order valence-corrected chi connectivity index (χ4v) is 2.90. The number of carbonyl (C=O) groups excluding carboxylic acids is 1. The lowest BCUT2D eigenvalue weighted by Crippen LogP contribution is -2.16. The molecule has 2 aromatic rings. The number of nitrogen functional groups attached to an aromatic ring is 1. The summed E-state index contributed by atoms with van der Waals surface area (Å²) in [6, 6.07) is 9.67. The van der Waals surface area contributed by atoms with E-state index in [0.717, 1.165) is 7.11 Å². The Bertz CT molecular complexity index is 1050. The van der Waals surface area contributed by atoms with Crippen LogP contribution in [0.1, 0.15) is 82.2 Å². The molecule has 8 nitrogen and oxygen atoms in total. The highest BCUT2D eigenvalue weighted by molar-refractivity contribution is 6.04. The van der Waals surface area contributed by atoms with Gasteiger partial charge in [-0.1, -0.05) is 63.6 Å². The molecule has 0 aliphatic rings. The van der Waals surface area contributed by atoms with E-state index in [4.69, 9.17) is 15.6 Å². The quantitative estimate of drug-likeness (QED) is 0.126. The molecule has 0 atom stereocenters. The smallest absolute Gasteiger partial charge is 0.449 e. The van der Waals surface area contributed by atoms with Gasteiger partial charge in [0.15, 0.2) is 0 Å². The summed E-state index contributed by atoms with van der Waals surface area (Å²) in [6.07, 6.45) is 2.82.